The molecule has 0 radical (unpaired) electrons. The number of aromatic nitrogens is 2. The number of ether oxygens (including phenoxy) is 1. The summed E-state index contributed by atoms with van der Waals surface area (Å²) < 4.78 is 5.95. The SMILES string of the molecule is COc1ccc(C(=O)N2CCN(c3ccc(NC(=O)CSc4nnc(C)s4)cc3)CC2)cc1. The van der Waals surface area contributed by atoms with Gasteiger partial charge in [-0.15, -0.1) is 10.2 Å². The lowest BCUT2D eigenvalue weighted by Crippen LogP contribution is -2.48. The molecule has 1 aliphatic rings. The van der Waals surface area contributed by atoms with Crippen LogP contribution in [0.25, 0.3) is 0 Å². The molecule has 33 heavy (non-hydrogen) atoms. The molecule has 0 bridgehead atoms. The van der Waals surface area contributed by atoms with E-state index in [0.29, 0.717) is 24.4 Å². The molecule has 1 aliphatic heterocycles. The van der Waals surface area contributed by atoms with Gasteiger partial charge < -0.3 is 19.9 Å². The molecule has 3 aromatic rings. The van der Waals surface area contributed by atoms with Crippen molar-refractivity contribution in [2.45, 2.75) is 11.3 Å². The molecular weight excluding hydrogens is 458 g/mol. The Morgan fingerprint density at radius 3 is 2.33 bits per heavy atom. The summed E-state index contributed by atoms with van der Waals surface area (Å²) in [5.41, 5.74) is 2.50. The first-order chi connectivity index (χ1) is 16.0. The molecule has 8 nitrogen and oxygen atoms in total. The molecule has 2 aromatic carbocycles. The van der Waals surface area contributed by atoms with Crippen molar-refractivity contribution in [3.8, 4) is 5.75 Å². The van der Waals surface area contributed by atoms with Gasteiger partial charge in [0.25, 0.3) is 5.91 Å². The summed E-state index contributed by atoms with van der Waals surface area (Å²) in [7, 11) is 1.61. The van der Waals surface area contributed by atoms with Crippen LogP contribution in [0.4, 0.5) is 11.4 Å². The summed E-state index contributed by atoms with van der Waals surface area (Å²) in [5, 5.41) is 11.8. The molecular formula is C23H25N5O3S2. The Balaban J connectivity index is 1.25. The normalized spacial score (nSPS) is 13.6. The van der Waals surface area contributed by atoms with Gasteiger partial charge in [0.05, 0.1) is 12.9 Å². The summed E-state index contributed by atoms with van der Waals surface area (Å²) in [5.74, 6) is 0.991. The fraction of sp³-hybridized carbons (Fsp3) is 0.304. The van der Waals surface area contributed by atoms with Crippen molar-refractivity contribution < 1.29 is 14.3 Å². The van der Waals surface area contributed by atoms with Gasteiger partial charge in [0.15, 0.2) is 4.34 Å². The van der Waals surface area contributed by atoms with Crippen LogP contribution in [0.3, 0.4) is 0 Å². The maximum atomic E-state index is 12.8. The van der Waals surface area contributed by atoms with Crippen molar-refractivity contribution >= 4 is 46.3 Å². The summed E-state index contributed by atoms with van der Waals surface area (Å²) in [6.07, 6.45) is 0. The molecule has 172 valence electrons. The zero-order valence-corrected chi connectivity index (χ0v) is 20.1. The number of aryl methyl sites for hydroxylation is 1. The second-order valence-electron chi connectivity index (χ2n) is 7.48. The van der Waals surface area contributed by atoms with Crippen LogP contribution in [0.5, 0.6) is 5.75 Å². The molecule has 1 fully saturated rings. The van der Waals surface area contributed by atoms with Gasteiger partial charge in [-0.25, -0.2) is 0 Å². The smallest absolute Gasteiger partial charge is 0.253 e. The van der Waals surface area contributed by atoms with Gasteiger partial charge in [-0.3, -0.25) is 9.59 Å². The van der Waals surface area contributed by atoms with E-state index >= 15 is 0 Å². The number of benzene rings is 2. The standard InChI is InChI=1S/C23H25N5O3S2/c1-16-25-26-23(33-16)32-15-21(29)24-18-5-7-19(8-6-18)27-11-13-28(14-12-27)22(30)17-3-9-20(31-2)10-4-17/h3-10H,11-15H2,1-2H3,(H,24,29). The number of methoxy groups -OCH3 is 1. The lowest BCUT2D eigenvalue weighted by molar-refractivity contribution is -0.113. The van der Waals surface area contributed by atoms with Crippen molar-refractivity contribution in [2.75, 3.05) is 49.3 Å². The molecule has 1 N–H and O–H groups in total. The summed E-state index contributed by atoms with van der Waals surface area (Å²) in [4.78, 5) is 29.1. The topological polar surface area (TPSA) is 87.7 Å². The number of thioether (sulfide) groups is 1. The first-order valence-corrected chi connectivity index (χ1v) is 12.3. The number of nitrogens with one attached hydrogen (secondary N) is 1. The zero-order chi connectivity index (χ0) is 23.2. The lowest BCUT2D eigenvalue weighted by Gasteiger charge is -2.36. The number of rotatable bonds is 7. The summed E-state index contributed by atoms with van der Waals surface area (Å²) in [6, 6.07) is 15.0. The van der Waals surface area contributed by atoms with Crippen LogP contribution in [0.15, 0.2) is 52.9 Å². The summed E-state index contributed by atoms with van der Waals surface area (Å²) in [6.45, 7) is 4.72. The molecule has 10 heteroatoms. The van der Waals surface area contributed by atoms with E-state index in [1.54, 1.807) is 31.4 Å². The van der Waals surface area contributed by atoms with E-state index in [0.717, 1.165) is 39.6 Å². The van der Waals surface area contributed by atoms with E-state index < -0.39 is 0 Å². The van der Waals surface area contributed by atoms with Gasteiger partial charge in [0.2, 0.25) is 5.91 Å². The second kappa shape index (κ2) is 10.7. The predicted octanol–water partition coefficient (Wildman–Crippen LogP) is 3.55. The maximum absolute atomic E-state index is 12.8. The minimum atomic E-state index is -0.0775. The second-order valence-corrected chi connectivity index (χ2v) is 9.88. The number of piperazine rings is 1. The Bertz CT molecular complexity index is 1090. The number of hydrogen-bond acceptors (Lipinski definition) is 8. The van der Waals surface area contributed by atoms with Crippen LogP contribution in [-0.4, -0.2) is 66.0 Å². The van der Waals surface area contributed by atoms with Crippen molar-refractivity contribution in [1.82, 2.24) is 15.1 Å². The fourth-order valence-electron chi connectivity index (χ4n) is 3.50. The zero-order valence-electron chi connectivity index (χ0n) is 18.5. The minimum absolute atomic E-state index is 0.0388. The Labute approximate surface area is 201 Å². The Kier molecular flexibility index (Phi) is 7.46. The average molecular weight is 484 g/mol. The first-order valence-electron chi connectivity index (χ1n) is 10.5. The van der Waals surface area contributed by atoms with Crippen LogP contribution in [0.1, 0.15) is 15.4 Å². The van der Waals surface area contributed by atoms with E-state index in [1.807, 2.05) is 36.1 Å². The number of anilines is 2. The van der Waals surface area contributed by atoms with Crippen LogP contribution >= 0.6 is 23.1 Å². The van der Waals surface area contributed by atoms with Crippen molar-refractivity contribution in [2.24, 2.45) is 0 Å². The number of hydrogen-bond donors (Lipinski definition) is 1. The highest BCUT2D eigenvalue weighted by molar-refractivity contribution is 8.01. The quantitative estimate of drug-likeness (QED) is 0.514. The predicted molar refractivity (Wildman–Crippen MR) is 132 cm³/mol. The average Bonchev–Trinajstić information content (AvgIpc) is 3.28. The van der Waals surface area contributed by atoms with E-state index in [1.165, 1.54) is 23.1 Å². The van der Waals surface area contributed by atoms with Crippen molar-refractivity contribution in [3.05, 3.63) is 59.1 Å². The Hall–Kier alpha value is -3.11. The largest absolute Gasteiger partial charge is 0.497 e. The van der Waals surface area contributed by atoms with Gasteiger partial charge in [-0.05, 0) is 55.5 Å². The maximum Gasteiger partial charge on any atom is 0.253 e. The third kappa shape index (κ3) is 6.02. The van der Waals surface area contributed by atoms with Crippen molar-refractivity contribution in [3.63, 3.8) is 0 Å². The summed E-state index contributed by atoms with van der Waals surface area (Å²) >= 11 is 2.86. The fourth-order valence-corrected chi connectivity index (χ4v) is 5.12. The van der Waals surface area contributed by atoms with Crippen molar-refractivity contribution in [1.29, 1.82) is 0 Å². The lowest BCUT2D eigenvalue weighted by atomic mass is 10.1. The number of amides is 2. The molecule has 4 rings (SSSR count). The third-order valence-corrected chi connectivity index (χ3v) is 7.23. The van der Waals surface area contributed by atoms with E-state index in [4.69, 9.17) is 4.74 Å². The molecule has 2 heterocycles. The van der Waals surface area contributed by atoms with Gasteiger partial charge >= 0.3 is 0 Å². The Morgan fingerprint density at radius 2 is 1.73 bits per heavy atom. The molecule has 0 aliphatic carbocycles. The van der Waals surface area contributed by atoms with Crippen LogP contribution < -0.4 is 15.0 Å². The van der Waals surface area contributed by atoms with E-state index in [9.17, 15) is 9.59 Å². The van der Waals surface area contributed by atoms with E-state index in [2.05, 4.69) is 20.4 Å². The van der Waals surface area contributed by atoms with E-state index in [-0.39, 0.29) is 11.8 Å². The molecule has 1 saturated heterocycles. The van der Waals surface area contributed by atoms with Gasteiger partial charge in [0.1, 0.15) is 10.8 Å². The molecule has 0 saturated carbocycles. The number of carbonyl (C=O) groups is 2. The molecule has 2 amide bonds. The number of carbonyl (C=O) groups excluding carboxylic acids is 2. The van der Waals surface area contributed by atoms with Gasteiger partial charge in [-0.1, -0.05) is 23.1 Å². The Morgan fingerprint density at radius 1 is 1.03 bits per heavy atom. The highest BCUT2D eigenvalue weighted by atomic mass is 32.2. The number of nitrogens with zero attached hydrogens (tertiary/aromatic N) is 4. The third-order valence-electron chi connectivity index (χ3n) is 5.25. The van der Waals surface area contributed by atoms with Gasteiger partial charge in [0, 0.05) is 43.1 Å². The van der Waals surface area contributed by atoms with Crippen LogP contribution in [-0.2, 0) is 4.79 Å². The highest BCUT2D eigenvalue weighted by Gasteiger charge is 2.22. The van der Waals surface area contributed by atoms with Crippen LogP contribution in [0, 0.1) is 6.92 Å². The molecule has 0 atom stereocenters. The highest BCUT2D eigenvalue weighted by Crippen LogP contribution is 2.23. The molecule has 1 aromatic heterocycles. The van der Waals surface area contributed by atoms with Gasteiger partial charge in [-0.2, -0.15) is 0 Å². The van der Waals surface area contributed by atoms with Crippen LogP contribution in [0.2, 0.25) is 0 Å². The minimum Gasteiger partial charge on any atom is -0.497 e. The molecule has 0 spiro atoms. The monoisotopic (exact) mass is 483 g/mol. The molecule has 0 unspecified atom stereocenters. The first kappa shape index (κ1) is 23.1.